The van der Waals surface area contributed by atoms with Gasteiger partial charge in [-0.25, -0.2) is 0 Å². The molecule has 2 rings (SSSR count). The Morgan fingerprint density at radius 2 is 2.08 bits per heavy atom. The zero-order chi connectivity index (χ0) is 8.39. The second-order valence-electron chi connectivity index (χ2n) is 3.84. The minimum atomic E-state index is 0.313. The highest BCUT2D eigenvalue weighted by Crippen LogP contribution is 2.29. The van der Waals surface area contributed by atoms with Crippen LogP contribution in [0.2, 0.25) is 0 Å². The van der Waals surface area contributed by atoms with Crippen LogP contribution in [0.25, 0.3) is 0 Å². The summed E-state index contributed by atoms with van der Waals surface area (Å²) >= 11 is 0. The monoisotopic (exact) mass is 170 g/mol. The largest absolute Gasteiger partial charge is 0.395 e. The molecule has 1 aliphatic carbocycles. The lowest BCUT2D eigenvalue weighted by molar-refractivity contribution is 0.150. The van der Waals surface area contributed by atoms with E-state index in [0.29, 0.717) is 12.6 Å². The Labute approximate surface area is 73.8 Å². The molecule has 12 heavy (non-hydrogen) atoms. The number of rotatable bonds is 4. The maximum absolute atomic E-state index is 8.91. The molecule has 2 N–H and O–H groups in total. The van der Waals surface area contributed by atoms with E-state index in [2.05, 4.69) is 10.2 Å². The third-order valence-corrected chi connectivity index (χ3v) is 2.88. The number of nitrogens with one attached hydrogen (secondary N) is 1. The Bertz CT molecular complexity index is 141. The lowest BCUT2D eigenvalue weighted by Gasteiger charge is -2.27. The number of hydrogen-bond donors (Lipinski definition) is 2. The standard InChI is InChI=1S/C9H18N2O/c12-6-5-11(8-1-2-8)9-3-4-10-7-9/h8-10,12H,1-7H2. The van der Waals surface area contributed by atoms with E-state index < -0.39 is 0 Å². The van der Waals surface area contributed by atoms with Gasteiger partial charge >= 0.3 is 0 Å². The number of aliphatic hydroxyl groups is 1. The molecular weight excluding hydrogens is 152 g/mol. The third-order valence-electron chi connectivity index (χ3n) is 2.88. The zero-order valence-electron chi connectivity index (χ0n) is 7.50. The topological polar surface area (TPSA) is 35.5 Å². The minimum absolute atomic E-state index is 0.313. The molecule has 0 amide bonds. The van der Waals surface area contributed by atoms with Crippen molar-refractivity contribution in [2.45, 2.75) is 31.3 Å². The second kappa shape index (κ2) is 3.73. The first-order valence-electron chi connectivity index (χ1n) is 4.99. The smallest absolute Gasteiger partial charge is 0.0558 e. The Hall–Kier alpha value is -0.120. The van der Waals surface area contributed by atoms with Gasteiger partial charge in [-0.2, -0.15) is 0 Å². The fourth-order valence-corrected chi connectivity index (χ4v) is 2.11. The Balaban J connectivity index is 1.85. The van der Waals surface area contributed by atoms with Crippen molar-refractivity contribution < 1.29 is 5.11 Å². The van der Waals surface area contributed by atoms with Crippen molar-refractivity contribution in [3.63, 3.8) is 0 Å². The van der Waals surface area contributed by atoms with Crippen LogP contribution in [0.15, 0.2) is 0 Å². The molecule has 0 bridgehead atoms. The van der Waals surface area contributed by atoms with E-state index >= 15 is 0 Å². The SMILES string of the molecule is OCCN(C1CC1)C1CCNC1. The molecule has 3 nitrogen and oxygen atoms in total. The average Bonchev–Trinajstić information content (AvgIpc) is 2.77. The van der Waals surface area contributed by atoms with Gasteiger partial charge in [0.1, 0.15) is 0 Å². The van der Waals surface area contributed by atoms with Gasteiger partial charge in [-0.05, 0) is 25.8 Å². The maximum atomic E-state index is 8.91. The summed E-state index contributed by atoms with van der Waals surface area (Å²) in [6, 6.07) is 1.49. The summed E-state index contributed by atoms with van der Waals surface area (Å²) in [5, 5.41) is 12.3. The van der Waals surface area contributed by atoms with Crippen molar-refractivity contribution in [3.05, 3.63) is 0 Å². The second-order valence-corrected chi connectivity index (χ2v) is 3.84. The van der Waals surface area contributed by atoms with Crippen LogP contribution in [0, 0.1) is 0 Å². The summed E-state index contributed by atoms with van der Waals surface area (Å²) in [6.45, 7) is 3.46. The van der Waals surface area contributed by atoms with Gasteiger partial charge < -0.3 is 10.4 Å². The van der Waals surface area contributed by atoms with Crippen molar-refractivity contribution in [1.82, 2.24) is 10.2 Å². The highest BCUT2D eigenvalue weighted by molar-refractivity contribution is 4.91. The normalized spacial score (nSPS) is 30.0. The molecule has 1 unspecified atom stereocenters. The Morgan fingerprint density at radius 3 is 2.58 bits per heavy atom. The van der Waals surface area contributed by atoms with E-state index in [1.807, 2.05) is 0 Å². The average molecular weight is 170 g/mol. The van der Waals surface area contributed by atoms with Crippen molar-refractivity contribution in [3.8, 4) is 0 Å². The predicted octanol–water partition coefficient (Wildman–Crippen LogP) is -0.195. The molecule has 0 aromatic carbocycles. The van der Waals surface area contributed by atoms with Gasteiger partial charge in [0.05, 0.1) is 6.61 Å². The highest BCUT2D eigenvalue weighted by atomic mass is 16.3. The molecule has 0 radical (unpaired) electrons. The van der Waals surface area contributed by atoms with Gasteiger partial charge in [0.25, 0.3) is 0 Å². The van der Waals surface area contributed by atoms with Gasteiger partial charge in [-0.3, -0.25) is 4.90 Å². The van der Waals surface area contributed by atoms with Gasteiger partial charge in [-0.15, -0.1) is 0 Å². The molecule has 1 saturated heterocycles. The van der Waals surface area contributed by atoms with E-state index in [-0.39, 0.29) is 0 Å². The highest BCUT2D eigenvalue weighted by Gasteiger charge is 2.34. The molecule has 2 aliphatic rings. The summed E-state index contributed by atoms with van der Waals surface area (Å²) in [6.07, 6.45) is 3.95. The molecule has 70 valence electrons. The summed E-state index contributed by atoms with van der Waals surface area (Å²) < 4.78 is 0. The van der Waals surface area contributed by atoms with Crippen molar-refractivity contribution in [2.24, 2.45) is 0 Å². The van der Waals surface area contributed by atoms with Crippen LogP contribution in [0.1, 0.15) is 19.3 Å². The molecule has 2 fully saturated rings. The zero-order valence-corrected chi connectivity index (χ0v) is 7.50. The van der Waals surface area contributed by atoms with E-state index in [1.165, 1.54) is 19.3 Å². The van der Waals surface area contributed by atoms with Crippen molar-refractivity contribution in [1.29, 1.82) is 0 Å². The number of aliphatic hydroxyl groups excluding tert-OH is 1. The first kappa shape index (κ1) is 8.48. The molecule has 1 saturated carbocycles. The molecule has 1 aliphatic heterocycles. The molecule has 0 aromatic rings. The van der Waals surface area contributed by atoms with E-state index in [0.717, 1.165) is 25.7 Å². The van der Waals surface area contributed by atoms with Gasteiger partial charge in [0.2, 0.25) is 0 Å². The predicted molar refractivity (Wildman–Crippen MR) is 48.1 cm³/mol. The summed E-state index contributed by atoms with van der Waals surface area (Å²) in [5.74, 6) is 0. The summed E-state index contributed by atoms with van der Waals surface area (Å²) in [4.78, 5) is 2.49. The van der Waals surface area contributed by atoms with E-state index in [4.69, 9.17) is 5.11 Å². The van der Waals surface area contributed by atoms with Gasteiger partial charge in [-0.1, -0.05) is 0 Å². The molecule has 0 aromatic heterocycles. The molecule has 1 atom stereocenters. The summed E-state index contributed by atoms with van der Waals surface area (Å²) in [5.41, 5.74) is 0. The van der Waals surface area contributed by atoms with Crippen LogP contribution in [-0.2, 0) is 0 Å². The molecule has 1 heterocycles. The quantitative estimate of drug-likeness (QED) is 0.613. The van der Waals surface area contributed by atoms with Crippen LogP contribution in [-0.4, -0.2) is 48.3 Å². The fraction of sp³-hybridized carbons (Fsp3) is 1.00. The lowest BCUT2D eigenvalue weighted by Crippen LogP contribution is -2.40. The molecular formula is C9H18N2O. The Morgan fingerprint density at radius 1 is 1.25 bits per heavy atom. The minimum Gasteiger partial charge on any atom is -0.395 e. The van der Waals surface area contributed by atoms with Crippen LogP contribution < -0.4 is 5.32 Å². The lowest BCUT2D eigenvalue weighted by atomic mass is 10.2. The molecule has 0 spiro atoms. The number of nitrogens with zero attached hydrogens (tertiary/aromatic N) is 1. The molecule has 3 heteroatoms. The van der Waals surface area contributed by atoms with Crippen LogP contribution >= 0.6 is 0 Å². The maximum Gasteiger partial charge on any atom is 0.0558 e. The third kappa shape index (κ3) is 1.79. The number of hydrogen-bond acceptors (Lipinski definition) is 3. The van der Waals surface area contributed by atoms with E-state index in [9.17, 15) is 0 Å². The summed E-state index contributed by atoms with van der Waals surface area (Å²) in [7, 11) is 0. The van der Waals surface area contributed by atoms with Crippen molar-refractivity contribution >= 4 is 0 Å². The van der Waals surface area contributed by atoms with Gasteiger partial charge in [0, 0.05) is 25.2 Å². The van der Waals surface area contributed by atoms with Crippen LogP contribution in [0.5, 0.6) is 0 Å². The Kier molecular flexibility index (Phi) is 2.63. The van der Waals surface area contributed by atoms with Gasteiger partial charge in [0.15, 0.2) is 0 Å². The van der Waals surface area contributed by atoms with E-state index in [1.54, 1.807) is 0 Å². The van der Waals surface area contributed by atoms with Crippen molar-refractivity contribution in [2.75, 3.05) is 26.2 Å². The fourth-order valence-electron chi connectivity index (χ4n) is 2.11. The van der Waals surface area contributed by atoms with Crippen LogP contribution in [0.4, 0.5) is 0 Å². The first-order valence-corrected chi connectivity index (χ1v) is 4.99. The first-order chi connectivity index (χ1) is 5.92. The van der Waals surface area contributed by atoms with Crippen LogP contribution in [0.3, 0.4) is 0 Å².